The van der Waals surface area contributed by atoms with Crippen LogP contribution in [0, 0.1) is 16.0 Å². The fraction of sp³-hybridized carbons (Fsp3) is 0.500. The molecule has 2 N–H and O–H groups in total. The van der Waals surface area contributed by atoms with Gasteiger partial charge in [0, 0.05) is 12.6 Å². The third-order valence-electron chi connectivity index (χ3n) is 3.85. The summed E-state index contributed by atoms with van der Waals surface area (Å²) in [5.74, 6) is -0.649. The van der Waals surface area contributed by atoms with Crippen LogP contribution >= 0.6 is 0 Å². The Morgan fingerprint density at radius 1 is 1.48 bits per heavy atom. The van der Waals surface area contributed by atoms with E-state index in [1.165, 1.54) is 18.2 Å². The molecule has 0 atom stereocenters. The van der Waals surface area contributed by atoms with Crippen LogP contribution in [0.15, 0.2) is 18.2 Å². The van der Waals surface area contributed by atoms with Crippen molar-refractivity contribution in [3.05, 3.63) is 33.9 Å². The zero-order valence-electron chi connectivity index (χ0n) is 11.9. The highest BCUT2D eigenvalue weighted by Gasteiger charge is 2.22. The summed E-state index contributed by atoms with van der Waals surface area (Å²) in [4.78, 5) is 24.3. The number of hydrogen-bond donors (Lipinski definition) is 2. The summed E-state index contributed by atoms with van der Waals surface area (Å²) in [6.45, 7) is 2.53. The number of nitro benzene ring substituents is 1. The maximum Gasteiger partial charge on any atom is 0.311 e. The SMILES string of the molecule is CN1CCC(CNC(=O)c2cccc([N+](=O)[O-])c2O)CC1. The Hall–Kier alpha value is -2.15. The van der Waals surface area contributed by atoms with Crippen LogP contribution < -0.4 is 5.32 Å². The quantitative estimate of drug-likeness (QED) is 0.645. The average Bonchev–Trinajstić information content (AvgIpc) is 2.46. The number of benzene rings is 1. The largest absolute Gasteiger partial charge is 0.502 e. The van der Waals surface area contributed by atoms with Crippen LogP contribution in [0.25, 0.3) is 0 Å². The van der Waals surface area contributed by atoms with Crippen molar-refractivity contribution in [3.63, 3.8) is 0 Å². The predicted octanol–water partition coefficient (Wildman–Crippen LogP) is 1.37. The number of nitrogens with one attached hydrogen (secondary N) is 1. The number of rotatable bonds is 4. The van der Waals surface area contributed by atoms with Crippen LogP contribution in [0.4, 0.5) is 5.69 Å². The molecule has 0 unspecified atom stereocenters. The molecule has 1 aliphatic rings. The molecule has 0 bridgehead atoms. The number of amides is 1. The average molecular weight is 293 g/mol. The van der Waals surface area contributed by atoms with E-state index in [4.69, 9.17) is 0 Å². The van der Waals surface area contributed by atoms with Crippen molar-refractivity contribution in [2.24, 2.45) is 5.92 Å². The van der Waals surface area contributed by atoms with Crippen LogP contribution in [0.1, 0.15) is 23.2 Å². The minimum absolute atomic E-state index is 0.0582. The Morgan fingerprint density at radius 3 is 2.76 bits per heavy atom. The highest BCUT2D eigenvalue weighted by molar-refractivity contribution is 5.98. The molecule has 0 saturated carbocycles. The molecule has 114 valence electrons. The molecule has 1 fully saturated rings. The van der Waals surface area contributed by atoms with Crippen LogP contribution in [0.2, 0.25) is 0 Å². The van der Waals surface area contributed by atoms with Gasteiger partial charge < -0.3 is 15.3 Å². The van der Waals surface area contributed by atoms with Crippen molar-refractivity contribution in [2.75, 3.05) is 26.7 Å². The van der Waals surface area contributed by atoms with E-state index >= 15 is 0 Å². The summed E-state index contributed by atoms with van der Waals surface area (Å²) in [6.07, 6.45) is 2.02. The number of carbonyl (C=O) groups excluding carboxylic acids is 1. The minimum atomic E-state index is -0.705. The van der Waals surface area contributed by atoms with E-state index in [-0.39, 0.29) is 5.56 Å². The van der Waals surface area contributed by atoms with Gasteiger partial charge in [0.2, 0.25) is 5.75 Å². The van der Waals surface area contributed by atoms with Gasteiger partial charge >= 0.3 is 5.69 Å². The molecule has 7 heteroatoms. The highest BCUT2D eigenvalue weighted by Crippen LogP contribution is 2.29. The van der Waals surface area contributed by atoms with Crippen molar-refractivity contribution >= 4 is 11.6 Å². The number of nitrogens with zero attached hydrogens (tertiary/aromatic N) is 2. The minimum Gasteiger partial charge on any atom is -0.502 e. The topological polar surface area (TPSA) is 95.7 Å². The molecule has 1 saturated heterocycles. The van der Waals surface area contributed by atoms with E-state index in [0.717, 1.165) is 25.9 Å². The summed E-state index contributed by atoms with van der Waals surface area (Å²) < 4.78 is 0. The second-order valence-corrected chi connectivity index (χ2v) is 5.39. The zero-order valence-corrected chi connectivity index (χ0v) is 11.9. The van der Waals surface area contributed by atoms with E-state index in [0.29, 0.717) is 12.5 Å². The molecule has 1 amide bonds. The fourth-order valence-electron chi connectivity index (χ4n) is 2.46. The van der Waals surface area contributed by atoms with Gasteiger partial charge in [0.15, 0.2) is 0 Å². The third kappa shape index (κ3) is 3.69. The summed E-state index contributed by atoms with van der Waals surface area (Å²) in [5.41, 5.74) is -0.515. The molecule has 7 nitrogen and oxygen atoms in total. The lowest BCUT2D eigenvalue weighted by Gasteiger charge is -2.28. The molecule has 1 aliphatic heterocycles. The summed E-state index contributed by atoms with van der Waals surface area (Å²) in [5, 5.41) is 23.3. The Balaban J connectivity index is 1.97. The lowest BCUT2D eigenvalue weighted by atomic mass is 9.97. The molecular weight excluding hydrogens is 274 g/mol. The predicted molar refractivity (Wildman–Crippen MR) is 77.3 cm³/mol. The van der Waals surface area contributed by atoms with Crippen molar-refractivity contribution in [2.45, 2.75) is 12.8 Å². The monoisotopic (exact) mass is 293 g/mol. The molecule has 1 heterocycles. The van der Waals surface area contributed by atoms with Gasteiger partial charge in [0.05, 0.1) is 10.5 Å². The van der Waals surface area contributed by atoms with Crippen LogP contribution in [-0.4, -0.2) is 47.5 Å². The summed E-state index contributed by atoms with van der Waals surface area (Å²) in [7, 11) is 2.07. The first kappa shape index (κ1) is 15.2. The summed E-state index contributed by atoms with van der Waals surface area (Å²) in [6, 6.07) is 3.94. The molecule has 2 rings (SSSR count). The molecule has 0 spiro atoms. The van der Waals surface area contributed by atoms with E-state index < -0.39 is 22.3 Å². The Bertz CT molecular complexity index is 539. The van der Waals surface area contributed by atoms with Gasteiger partial charge in [-0.1, -0.05) is 6.07 Å². The Morgan fingerprint density at radius 2 is 2.14 bits per heavy atom. The van der Waals surface area contributed by atoms with E-state index in [2.05, 4.69) is 17.3 Å². The van der Waals surface area contributed by atoms with E-state index in [1.807, 2.05) is 0 Å². The number of nitro groups is 1. The smallest absolute Gasteiger partial charge is 0.311 e. The number of para-hydroxylation sites is 1. The first-order chi connectivity index (χ1) is 9.99. The third-order valence-corrected chi connectivity index (χ3v) is 3.85. The van der Waals surface area contributed by atoms with Crippen LogP contribution in [0.3, 0.4) is 0 Å². The van der Waals surface area contributed by atoms with E-state index in [9.17, 15) is 20.0 Å². The van der Waals surface area contributed by atoms with Gasteiger partial charge in [-0.05, 0) is 45.0 Å². The maximum atomic E-state index is 12.0. The maximum absolute atomic E-state index is 12.0. The lowest BCUT2D eigenvalue weighted by molar-refractivity contribution is -0.385. The summed E-state index contributed by atoms with van der Waals surface area (Å²) >= 11 is 0. The number of phenols is 1. The second kappa shape index (κ2) is 6.53. The van der Waals surface area contributed by atoms with Crippen LogP contribution in [0.5, 0.6) is 5.75 Å². The Kier molecular flexibility index (Phi) is 4.74. The molecule has 0 aliphatic carbocycles. The zero-order chi connectivity index (χ0) is 15.4. The number of hydrogen-bond acceptors (Lipinski definition) is 5. The first-order valence-corrected chi connectivity index (χ1v) is 6.92. The standard InChI is InChI=1S/C14H19N3O4/c1-16-7-5-10(6-8-16)9-15-14(19)11-3-2-4-12(13(11)18)17(20)21/h2-4,10,18H,5-9H2,1H3,(H,15,19). The lowest BCUT2D eigenvalue weighted by Crippen LogP contribution is -2.36. The van der Waals surface area contributed by atoms with Crippen molar-refractivity contribution in [1.82, 2.24) is 10.2 Å². The number of likely N-dealkylation sites (tertiary alicyclic amines) is 1. The highest BCUT2D eigenvalue weighted by atomic mass is 16.6. The normalized spacial score (nSPS) is 16.6. The van der Waals surface area contributed by atoms with Gasteiger partial charge in [-0.15, -0.1) is 0 Å². The molecular formula is C14H19N3O4. The second-order valence-electron chi connectivity index (χ2n) is 5.39. The number of carbonyl (C=O) groups is 1. The fourth-order valence-corrected chi connectivity index (χ4v) is 2.46. The Labute approximate surface area is 122 Å². The molecule has 1 aromatic carbocycles. The van der Waals surface area contributed by atoms with Gasteiger partial charge in [-0.25, -0.2) is 0 Å². The van der Waals surface area contributed by atoms with Crippen LogP contribution in [-0.2, 0) is 0 Å². The van der Waals surface area contributed by atoms with Crippen molar-refractivity contribution in [3.8, 4) is 5.75 Å². The van der Waals surface area contributed by atoms with Gasteiger partial charge in [0.25, 0.3) is 5.91 Å². The van der Waals surface area contributed by atoms with Gasteiger partial charge in [-0.3, -0.25) is 14.9 Å². The number of piperidine rings is 1. The molecule has 0 radical (unpaired) electrons. The first-order valence-electron chi connectivity index (χ1n) is 6.92. The van der Waals surface area contributed by atoms with E-state index in [1.54, 1.807) is 0 Å². The molecule has 21 heavy (non-hydrogen) atoms. The molecule has 0 aromatic heterocycles. The number of phenolic OH excluding ortho intramolecular Hbond substituents is 1. The van der Waals surface area contributed by atoms with Crippen molar-refractivity contribution in [1.29, 1.82) is 0 Å². The number of aromatic hydroxyl groups is 1. The van der Waals surface area contributed by atoms with Gasteiger partial charge in [-0.2, -0.15) is 0 Å². The van der Waals surface area contributed by atoms with Gasteiger partial charge in [0.1, 0.15) is 0 Å². The van der Waals surface area contributed by atoms with Crippen molar-refractivity contribution < 1.29 is 14.8 Å². The molecule has 1 aromatic rings.